The van der Waals surface area contributed by atoms with Crippen LogP contribution in [0.3, 0.4) is 0 Å². The number of aryl methyl sites for hydroxylation is 2. The van der Waals surface area contributed by atoms with Crippen LogP contribution in [0.5, 0.6) is 0 Å². The third-order valence-corrected chi connectivity index (χ3v) is 7.05. The van der Waals surface area contributed by atoms with Gasteiger partial charge in [0.1, 0.15) is 0 Å². The molecule has 1 aromatic rings. The van der Waals surface area contributed by atoms with Gasteiger partial charge in [-0.25, -0.2) is 0 Å². The van der Waals surface area contributed by atoms with E-state index in [2.05, 4.69) is 61.7 Å². The van der Waals surface area contributed by atoms with Gasteiger partial charge in [0.15, 0.2) is 0 Å². The summed E-state index contributed by atoms with van der Waals surface area (Å²) >= 11 is 0. The predicted molar refractivity (Wildman–Crippen MR) is 129 cm³/mol. The smallest absolute Gasteiger partial charge is 0.0611 e. The monoisotopic (exact) mass is 409 g/mol. The van der Waals surface area contributed by atoms with E-state index in [-0.39, 0.29) is 6.10 Å². The molecule has 1 fully saturated rings. The normalized spacial score (nSPS) is 25.8. The first kappa shape index (κ1) is 23.3. The van der Waals surface area contributed by atoms with E-state index in [1.54, 1.807) is 5.57 Å². The Balaban J connectivity index is 1.35. The van der Waals surface area contributed by atoms with Crippen LogP contribution in [0.1, 0.15) is 75.8 Å². The van der Waals surface area contributed by atoms with Crippen LogP contribution in [0.4, 0.5) is 0 Å². The fraction of sp³-hybridized carbons (Fsp3) is 0.643. The molecule has 0 saturated heterocycles. The molecule has 0 radical (unpaired) electrons. The molecule has 2 heteroatoms. The van der Waals surface area contributed by atoms with E-state index in [0.29, 0.717) is 17.8 Å². The molecule has 0 unspecified atom stereocenters. The summed E-state index contributed by atoms with van der Waals surface area (Å²) in [5.41, 5.74) is 4.41. The third-order valence-electron chi connectivity index (χ3n) is 7.05. The highest BCUT2D eigenvalue weighted by atomic mass is 16.3. The van der Waals surface area contributed by atoms with Crippen LogP contribution in [0.25, 0.3) is 0 Å². The van der Waals surface area contributed by atoms with Gasteiger partial charge in [-0.05, 0) is 88.8 Å². The first-order chi connectivity index (χ1) is 14.7. The SMILES string of the molecule is CCCCNCCCCCC1=C[C@H]2C[C@@H](O)[C@H](C=CCCc3cccc(C)c3)[C@H]2C1. The molecule has 0 aromatic heterocycles. The number of allylic oxidation sites excluding steroid dienone is 3. The van der Waals surface area contributed by atoms with Gasteiger partial charge in [0.05, 0.1) is 6.10 Å². The Hall–Kier alpha value is -1.38. The molecule has 0 aliphatic heterocycles. The first-order valence-electron chi connectivity index (χ1n) is 12.5. The molecule has 2 aliphatic carbocycles. The second kappa shape index (κ2) is 12.5. The maximum Gasteiger partial charge on any atom is 0.0611 e. The van der Waals surface area contributed by atoms with Gasteiger partial charge in [-0.3, -0.25) is 0 Å². The van der Waals surface area contributed by atoms with Gasteiger partial charge in [-0.15, -0.1) is 0 Å². The van der Waals surface area contributed by atoms with Gasteiger partial charge in [-0.2, -0.15) is 0 Å². The van der Waals surface area contributed by atoms with Crippen molar-refractivity contribution in [2.24, 2.45) is 17.8 Å². The summed E-state index contributed by atoms with van der Waals surface area (Å²) in [6, 6.07) is 8.80. The van der Waals surface area contributed by atoms with Gasteiger partial charge >= 0.3 is 0 Å². The third kappa shape index (κ3) is 7.10. The summed E-state index contributed by atoms with van der Waals surface area (Å²) in [6.45, 7) is 6.75. The van der Waals surface area contributed by atoms with Gasteiger partial charge in [0, 0.05) is 5.92 Å². The quantitative estimate of drug-likeness (QED) is 0.293. The van der Waals surface area contributed by atoms with E-state index >= 15 is 0 Å². The lowest BCUT2D eigenvalue weighted by Gasteiger charge is -2.18. The van der Waals surface area contributed by atoms with Crippen molar-refractivity contribution in [3.63, 3.8) is 0 Å². The minimum atomic E-state index is -0.151. The molecule has 166 valence electrons. The number of rotatable bonds is 13. The van der Waals surface area contributed by atoms with Crippen molar-refractivity contribution in [1.29, 1.82) is 0 Å². The molecule has 30 heavy (non-hydrogen) atoms. The van der Waals surface area contributed by atoms with Crippen molar-refractivity contribution in [3.05, 3.63) is 59.2 Å². The molecule has 2 nitrogen and oxygen atoms in total. The number of hydrogen-bond donors (Lipinski definition) is 2. The second-order valence-electron chi connectivity index (χ2n) is 9.61. The molecule has 4 atom stereocenters. The Morgan fingerprint density at radius 2 is 1.97 bits per heavy atom. The first-order valence-corrected chi connectivity index (χ1v) is 12.5. The fourth-order valence-electron chi connectivity index (χ4n) is 5.37. The maximum atomic E-state index is 10.6. The summed E-state index contributed by atoms with van der Waals surface area (Å²) in [5, 5.41) is 14.1. The van der Waals surface area contributed by atoms with Crippen LogP contribution < -0.4 is 5.32 Å². The largest absolute Gasteiger partial charge is 0.392 e. The summed E-state index contributed by atoms with van der Waals surface area (Å²) in [7, 11) is 0. The summed E-state index contributed by atoms with van der Waals surface area (Å²) in [6.07, 6.45) is 19.1. The molecule has 0 bridgehead atoms. The number of aliphatic hydroxyl groups is 1. The number of aliphatic hydroxyl groups excluding tert-OH is 1. The Bertz CT molecular complexity index is 692. The Morgan fingerprint density at radius 1 is 1.10 bits per heavy atom. The van der Waals surface area contributed by atoms with Gasteiger partial charge in [0.2, 0.25) is 0 Å². The van der Waals surface area contributed by atoms with Crippen molar-refractivity contribution >= 4 is 0 Å². The van der Waals surface area contributed by atoms with Gasteiger partial charge in [-0.1, -0.05) is 73.4 Å². The zero-order valence-electron chi connectivity index (χ0n) is 19.3. The Morgan fingerprint density at radius 3 is 2.80 bits per heavy atom. The second-order valence-corrected chi connectivity index (χ2v) is 9.61. The van der Waals surface area contributed by atoms with E-state index in [1.165, 1.54) is 69.2 Å². The average Bonchev–Trinajstić information content (AvgIpc) is 3.24. The summed E-state index contributed by atoms with van der Waals surface area (Å²) in [4.78, 5) is 0. The van der Waals surface area contributed by atoms with Crippen LogP contribution in [-0.2, 0) is 6.42 Å². The van der Waals surface area contributed by atoms with E-state index in [9.17, 15) is 5.11 Å². The molecule has 1 aromatic carbocycles. The van der Waals surface area contributed by atoms with Crippen LogP contribution in [0.15, 0.2) is 48.1 Å². The lowest BCUT2D eigenvalue weighted by Crippen LogP contribution is -2.17. The average molecular weight is 410 g/mol. The van der Waals surface area contributed by atoms with Crippen LogP contribution in [0, 0.1) is 24.7 Å². The molecular formula is C28H43NO. The predicted octanol–water partition coefficient (Wildman–Crippen LogP) is 6.38. The van der Waals surface area contributed by atoms with Crippen molar-refractivity contribution in [2.45, 2.75) is 84.2 Å². The van der Waals surface area contributed by atoms with Crippen LogP contribution in [0.2, 0.25) is 0 Å². The highest BCUT2D eigenvalue weighted by Crippen LogP contribution is 2.48. The fourth-order valence-corrected chi connectivity index (χ4v) is 5.37. The topological polar surface area (TPSA) is 32.3 Å². The van der Waals surface area contributed by atoms with Crippen molar-refractivity contribution in [3.8, 4) is 0 Å². The standard InChI is InChI=1S/C28H43NO/c1-3-4-16-29-17-9-5-6-13-24-19-25-21-28(30)26(27(25)20-24)15-8-7-12-23-14-10-11-22(2)18-23/h8,10-11,14-15,18-19,25-30H,3-7,9,12-13,16-17,20-21H2,1-2H3/t25-,26+,27-,28+/m0/s1. The number of nitrogens with one attached hydrogen (secondary N) is 1. The van der Waals surface area contributed by atoms with Crippen molar-refractivity contribution < 1.29 is 5.11 Å². The summed E-state index contributed by atoms with van der Waals surface area (Å²) in [5.74, 6) is 1.60. The molecule has 0 amide bonds. The van der Waals surface area contributed by atoms with E-state index in [0.717, 1.165) is 19.3 Å². The molecular weight excluding hydrogens is 366 g/mol. The molecule has 2 N–H and O–H groups in total. The highest BCUT2D eigenvalue weighted by Gasteiger charge is 2.42. The number of hydrogen-bond acceptors (Lipinski definition) is 2. The maximum absolute atomic E-state index is 10.6. The van der Waals surface area contributed by atoms with Gasteiger partial charge in [0.25, 0.3) is 0 Å². The highest BCUT2D eigenvalue weighted by molar-refractivity contribution is 5.23. The minimum Gasteiger partial charge on any atom is -0.392 e. The molecule has 0 heterocycles. The van der Waals surface area contributed by atoms with Crippen molar-refractivity contribution in [1.82, 2.24) is 5.32 Å². The van der Waals surface area contributed by atoms with Crippen LogP contribution >= 0.6 is 0 Å². The molecule has 1 saturated carbocycles. The Labute approximate surface area is 184 Å². The van der Waals surface area contributed by atoms with Crippen LogP contribution in [-0.4, -0.2) is 24.3 Å². The lowest BCUT2D eigenvalue weighted by atomic mass is 9.88. The number of benzene rings is 1. The van der Waals surface area contributed by atoms with Crippen molar-refractivity contribution in [2.75, 3.05) is 13.1 Å². The van der Waals surface area contributed by atoms with E-state index in [4.69, 9.17) is 0 Å². The van der Waals surface area contributed by atoms with E-state index in [1.807, 2.05) is 0 Å². The molecule has 2 aliphatic rings. The number of fused-ring (bicyclic) bond motifs is 1. The van der Waals surface area contributed by atoms with Gasteiger partial charge < -0.3 is 10.4 Å². The summed E-state index contributed by atoms with van der Waals surface area (Å²) < 4.78 is 0. The minimum absolute atomic E-state index is 0.151. The number of unbranched alkanes of at least 4 members (excludes halogenated alkanes) is 3. The molecule has 0 spiro atoms. The molecule has 3 rings (SSSR count). The zero-order valence-corrected chi connectivity index (χ0v) is 19.3. The lowest BCUT2D eigenvalue weighted by molar-refractivity contribution is 0.141. The zero-order chi connectivity index (χ0) is 21.2. The van der Waals surface area contributed by atoms with E-state index < -0.39 is 0 Å². The Kier molecular flexibility index (Phi) is 9.68.